The van der Waals surface area contributed by atoms with E-state index >= 15 is 0 Å². The monoisotopic (exact) mass is 368 g/mol. The van der Waals surface area contributed by atoms with Gasteiger partial charge in [-0.2, -0.15) is 0 Å². The summed E-state index contributed by atoms with van der Waals surface area (Å²) in [7, 11) is 0. The summed E-state index contributed by atoms with van der Waals surface area (Å²) < 4.78 is 0. The number of benzene rings is 2. The lowest BCUT2D eigenvalue weighted by molar-refractivity contribution is -0.136. The van der Waals surface area contributed by atoms with Crippen LogP contribution in [0.2, 0.25) is 0 Å². The fraction of sp³-hybridized carbons (Fsp3) is 0.286. The van der Waals surface area contributed by atoms with E-state index in [4.69, 9.17) is 5.11 Å². The molecule has 3 N–H and O–H groups in total. The van der Waals surface area contributed by atoms with E-state index in [1.165, 1.54) is 5.56 Å². The van der Waals surface area contributed by atoms with Crippen LogP contribution in [0.15, 0.2) is 36.4 Å². The molecule has 142 valence electrons. The van der Waals surface area contributed by atoms with Crippen LogP contribution >= 0.6 is 0 Å². The zero-order valence-electron chi connectivity index (χ0n) is 15.8. The first kappa shape index (κ1) is 20.2. The van der Waals surface area contributed by atoms with Gasteiger partial charge in [-0.15, -0.1) is 0 Å². The summed E-state index contributed by atoms with van der Waals surface area (Å²) in [5, 5.41) is 13.9. The third kappa shape index (κ3) is 5.95. The van der Waals surface area contributed by atoms with Crippen molar-refractivity contribution >= 4 is 23.5 Å². The molecule has 0 bridgehead atoms. The molecule has 0 unspecified atom stereocenters. The molecular formula is C21H24N2O4. The molecule has 0 spiro atoms. The topological polar surface area (TPSA) is 95.5 Å². The van der Waals surface area contributed by atoms with Crippen molar-refractivity contribution in [2.24, 2.45) is 0 Å². The standard InChI is InChI=1S/C21H24N2O4/c1-13-10-14(2)18(15(3)11-13)12-19(24)23-17-6-4-16(5-7-17)21(27)22-9-8-20(25)26/h4-7,10-11H,8-9,12H2,1-3H3,(H,22,27)(H,23,24)(H,25,26). The van der Waals surface area contributed by atoms with Crippen LogP contribution in [0.4, 0.5) is 5.69 Å². The molecule has 6 heteroatoms. The van der Waals surface area contributed by atoms with Crippen LogP contribution in [0.5, 0.6) is 0 Å². The van der Waals surface area contributed by atoms with Gasteiger partial charge < -0.3 is 15.7 Å². The molecule has 0 aliphatic heterocycles. The highest BCUT2D eigenvalue weighted by Gasteiger charge is 2.11. The largest absolute Gasteiger partial charge is 0.481 e. The number of hydrogen-bond acceptors (Lipinski definition) is 3. The lowest BCUT2D eigenvalue weighted by Crippen LogP contribution is -2.26. The summed E-state index contributed by atoms with van der Waals surface area (Å²) in [6.07, 6.45) is 0.160. The fourth-order valence-corrected chi connectivity index (χ4v) is 2.94. The molecule has 2 aromatic rings. The lowest BCUT2D eigenvalue weighted by atomic mass is 9.97. The maximum absolute atomic E-state index is 12.3. The third-order valence-corrected chi connectivity index (χ3v) is 4.23. The van der Waals surface area contributed by atoms with Gasteiger partial charge >= 0.3 is 5.97 Å². The molecule has 0 aliphatic carbocycles. The van der Waals surface area contributed by atoms with Crippen molar-refractivity contribution in [3.8, 4) is 0 Å². The van der Waals surface area contributed by atoms with Gasteiger partial charge in [-0.3, -0.25) is 14.4 Å². The van der Waals surface area contributed by atoms with E-state index in [0.29, 0.717) is 11.3 Å². The predicted molar refractivity (Wildman–Crippen MR) is 104 cm³/mol. The summed E-state index contributed by atoms with van der Waals surface area (Å²) >= 11 is 0. The van der Waals surface area contributed by atoms with Gasteiger partial charge in [0.2, 0.25) is 5.91 Å². The number of rotatable bonds is 7. The first-order valence-corrected chi connectivity index (χ1v) is 8.73. The normalized spacial score (nSPS) is 10.3. The van der Waals surface area contributed by atoms with Crippen LogP contribution in [-0.2, 0) is 16.0 Å². The second-order valence-corrected chi connectivity index (χ2v) is 6.58. The molecule has 6 nitrogen and oxygen atoms in total. The number of amides is 2. The van der Waals surface area contributed by atoms with Gasteiger partial charge in [0.15, 0.2) is 0 Å². The molecule has 0 atom stereocenters. The maximum Gasteiger partial charge on any atom is 0.305 e. The SMILES string of the molecule is Cc1cc(C)c(CC(=O)Nc2ccc(C(=O)NCCC(=O)O)cc2)c(C)c1. The summed E-state index contributed by atoms with van der Waals surface area (Å²) in [4.78, 5) is 34.7. The molecular weight excluding hydrogens is 344 g/mol. The highest BCUT2D eigenvalue weighted by Crippen LogP contribution is 2.18. The average Bonchev–Trinajstić information content (AvgIpc) is 2.58. The van der Waals surface area contributed by atoms with Crippen LogP contribution < -0.4 is 10.6 Å². The summed E-state index contributed by atoms with van der Waals surface area (Å²) in [5.74, 6) is -1.43. The number of anilines is 1. The Morgan fingerprint density at radius 2 is 1.56 bits per heavy atom. The summed E-state index contributed by atoms with van der Waals surface area (Å²) in [6, 6.07) is 10.6. The molecule has 0 radical (unpaired) electrons. The number of carboxylic acid groups (broad SMARTS) is 1. The zero-order chi connectivity index (χ0) is 20.0. The van der Waals surface area contributed by atoms with Crippen LogP contribution in [0, 0.1) is 20.8 Å². The Kier molecular flexibility index (Phi) is 6.71. The van der Waals surface area contributed by atoms with Crippen molar-refractivity contribution in [3.63, 3.8) is 0 Å². The van der Waals surface area contributed by atoms with Gasteiger partial charge in [-0.1, -0.05) is 17.7 Å². The molecule has 0 fully saturated rings. The van der Waals surface area contributed by atoms with Gasteiger partial charge in [0, 0.05) is 17.8 Å². The minimum atomic E-state index is -0.965. The molecule has 0 saturated heterocycles. The van der Waals surface area contributed by atoms with E-state index in [2.05, 4.69) is 22.8 Å². The molecule has 0 saturated carbocycles. The molecule has 0 heterocycles. The first-order valence-electron chi connectivity index (χ1n) is 8.73. The van der Waals surface area contributed by atoms with Crippen molar-refractivity contribution in [3.05, 3.63) is 64.2 Å². The highest BCUT2D eigenvalue weighted by molar-refractivity contribution is 5.96. The molecule has 2 rings (SSSR count). The van der Waals surface area contributed by atoms with E-state index in [-0.39, 0.29) is 31.2 Å². The Morgan fingerprint density at radius 1 is 0.963 bits per heavy atom. The molecule has 2 amide bonds. The van der Waals surface area contributed by atoms with Crippen molar-refractivity contribution in [1.82, 2.24) is 5.32 Å². The van der Waals surface area contributed by atoms with Gasteiger partial charge in [-0.05, 0) is 61.7 Å². The van der Waals surface area contributed by atoms with Crippen molar-refractivity contribution in [2.75, 3.05) is 11.9 Å². The second-order valence-electron chi connectivity index (χ2n) is 6.58. The minimum Gasteiger partial charge on any atom is -0.481 e. The summed E-state index contributed by atoms with van der Waals surface area (Å²) in [5.41, 5.74) is 5.39. The van der Waals surface area contributed by atoms with E-state index < -0.39 is 5.97 Å². The number of hydrogen-bond donors (Lipinski definition) is 3. The number of aliphatic carboxylic acids is 1. The Labute approximate surface area is 158 Å². The van der Waals surface area contributed by atoms with Crippen LogP contribution in [0.25, 0.3) is 0 Å². The highest BCUT2D eigenvalue weighted by atomic mass is 16.4. The zero-order valence-corrected chi connectivity index (χ0v) is 15.8. The van der Waals surface area contributed by atoms with Gasteiger partial charge in [0.1, 0.15) is 0 Å². The van der Waals surface area contributed by atoms with Gasteiger partial charge in [-0.25, -0.2) is 0 Å². The minimum absolute atomic E-state index is 0.0713. The van der Waals surface area contributed by atoms with Crippen LogP contribution in [0.3, 0.4) is 0 Å². The molecule has 0 aromatic heterocycles. The number of nitrogens with one attached hydrogen (secondary N) is 2. The van der Waals surface area contributed by atoms with Crippen molar-refractivity contribution in [2.45, 2.75) is 33.6 Å². The molecule has 27 heavy (non-hydrogen) atoms. The Balaban J connectivity index is 1.95. The van der Waals surface area contributed by atoms with Gasteiger partial charge in [0.25, 0.3) is 5.91 Å². The van der Waals surface area contributed by atoms with E-state index in [1.807, 2.05) is 20.8 Å². The lowest BCUT2D eigenvalue weighted by Gasteiger charge is -2.12. The van der Waals surface area contributed by atoms with E-state index in [1.54, 1.807) is 24.3 Å². The van der Waals surface area contributed by atoms with Crippen molar-refractivity contribution in [1.29, 1.82) is 0 Å². The number of carbonyl (C=O) groups is 3. The van der Waals surface area contributed by atoms with Crippen LogP contribution in [-0.4, -0.2) is 29.4 Å². The van der Waals surface area contributed by atoms with E-state index in [9.17, 15) is 14.4 Å². The first-order chi connectivity index (χ1) is 12.8. The quantitative estimate of drug-likeness (QED) is 0.700. The van der Waals surface area contributed by atoms with Gasteiger partial charge in [0.05, 0.1) is 12.8 Å². The average molecular weight is 368 g/mol. The van der Waals surface area contributed by atoms with Crippen molar-refractivity contribution < 1.29 is 19.5 Å². The Hall–Kier alpha value is -3.15. The predicted octanol–water partition coefficient (Wildman–Crippen LogP) is 3.00. The van der Waals surface area contributed by atoms with E-state index in [0.717, 1.165) is 16.7 Å². The second kappa shape index (κ2) is 8.98. The number of carboxylic acids is 1. The van der Waals surface area contributed by atoms with Crippen LogP contribution in [0.1, 0.15) is 39.0 Å². The molecule has 0 aliphatic rings. The molecule has 2 aromatic carbocycles. The summed E-state index contributed by atoms with van der Waals surface area (Å²) in [6.45, 7) is 6.10. The number of carbonyl (C=O) groups excluding carboxylic acids is 2. The smallest absolute Gasteiger partial charge is 0.305 e. The maximum atomic E-state index is 12.3. The number of aryl methyl sites for hydroxylation is 3. The Bertz CT molecular complexity index is 834. The third-order valence-electron chi connectivity index (χ3n) is 4.23. The Morgan fingerprint density at radius 3 is 2.11 bits per heavy atom. The fourth-order valence-electron chi connectivity index (χ4n) is 2.94.